The summed E-state index contributed by atoms with van der Waals surface area (Å²) in [5, 5.41) is 6.14. The van der Waals surface area contributed by atoms with Crippen LogP contribution in [0.3, 0.4) is 0 Å². The standard InChI is InChI=1S/C12H22N4O/c1-4-5-14-12(17)11(3)15-10(2)8-16-7-6-13-9-16/h6-7,9-11,15H,4-5,8H2,1-3H3,(H,14,17). The van der Waals surface area contributed by atoms with Crippen molar-refractivity contribution in [1.29, 1.82) is 0 Å². The van der Waals surface area contributed by atoms with E-state index in [9.17, 15) is 4.79 Å². The van der Waals surface area contributed by atoms with Crippen LogP contribution in [0.5, 0.6) is 0 Å². The van der Waals surface area contributed by atoms with E-state index in [2.05, 4.69) is 22.5 Å². The summed E-state index contributed by atoms with van der Waals surface area (Å²) in [6.45, 7) is 7.53. The molecule has 1 aromatic rings. The highest BCUT2D eigenvalue weighted by atomic mass is 16.2. The number of amides is 1. The van der Waals surface area contributed by atoms with Gasteiger partial charge in [-0.25, -0.2) is 4.98 Å². The minimum Gasteiger partial charge on any atom is -0.355 e. The molecule has 0 spiro atoms. The molecule has 1 amide bonds. The predicted octanol–water partition coefficient (Wildman–Crippen LogP) is 0.776. The molecule has 0 radical (unpaired) electrons. The van der Waals surface area contributed by atoms with E-state index in [0.29, 0.717) is 0 Å². The SMILES string of the molecule is CCCNC(=O)C(C)NC(C)Cn1ccnc1. The van der Waals surface area contributed by atoms with Crippen molar-refractivity contribution in [2.45, 2.75) is 45.8 Å². The monoisotopic (exact) mass is 238 g/mol. The zero-order valence-electron chi connectivity index (χ0n) is 10.8. The molecule has 5 nitrogen and oxygen atoms in total. The third kappa shape index (κ3) is 4.99. The number of carbonyl (C=O) groups excluding carboxylic acids is 1. The molecule has 0 saturated heterocycles. The van der Waals surface area contributed by atoms with E-state index in [0.717, 1.165) is 19.5 Å². The minimum absolute atomic E-state index is 0.0596. The lowest BCUT2D eigenvalue weighted by Gasteiger charge is -2.19. The highest BCUT2D eigenvalue weighted by Crippen LogP contribution is 1.94. The number of hydrogen-bond donors (Lipinski definition) is 2. The van der Waals surface area contributed by atoms with Crippen molar-refractivity contribution in [3.8, 4) is 0 Å². The average Bonchev–Trinajstić information content (AvgIpc) is 2.78. The molecule has 2 unspecified atom stereocenters. The van der Waals surface area contributed by atoms with Crippen LogP contribution in [0.1, 0.15) is 27.2 Å². The Hall–Kier alpha value is -1.36. The molecule has 0 aromatic carbocycles. The number of nitrogens with zero attached hydrogens (tertiary/aromatic N) is 2. The van der Waals surface area contributed by atoms with Crippen LogP contribution in [-0.2, 0) is 11.3 Å². The van der Waals surface area contributed by atoms with Gasteiger partial charge in [0, 0.05) is 31.5 Å². The van der Waals surface area contributed by atoms with Gasteiger partial charge in [-0.15, -0.1) is 0 Å². The first-order valence-corrected chi connectivity index (χ1v) is 6.13. The van der Waals surface area contributed by atoms with Gasteiger partial charge in [-0.05, 0) is 20.3 Å². The number of aromatic nitrogens is 2. The van der Waals surface area contributed by atoms with Crippen molar-refractivity contribution in [2.75, 3.05) is 6.54 Å². The minimum atomic E-state index is -0.167. The van der Waals surface area contributed by atoms with E-state index in [4.69, 9.17) is 0 Å². The topological polar surface area (TPSA) is 59.0 Å². The first kappa shape index (κ1) is 13.7. The fourth-order valence-corrected chi connectivity index (χ4v) is 1.67. The fraction of sp³-hybridized carbons (Fsp3) is 0.667. The molecular weight excluding hydrogens is 216 g/mol. The largest absolute Gasteiger partial charge is 0.355 e. The number of hydrogen-bond acceptors (Lipinski definition) is 3. The van der Waals surface area contributed by atoms with Crippen LogP contribution >= 0.6 is 0 Å². The molecule has 0 bridgehead atoms. The highest BCUT2D eigenvalue weighted by molar-refractivity contribution is 5.81. The summed E-state index contributed by atoms with van der Waals surface area (Å²) in [6, 6.07) is 0.0617. The highest BCUT2D eigenvalue weighted by Gasteiger charge is 2.14. The van der Waals surface area contributed by atoms with Crippen LogP contribution in [0.2, 0.25) is 0 Å². The Morgan fingerprint density at radius 1 is 1.47 bits per heavy atom. The van der Waals surface area contributed by atoms with E-state index >= 15 is 0 Å². The summed E-state index contributed by atoms with van der Waals surface area (Å²) >= 11 is 0. The van der Waals surface area contributed by atoms with Crippen LogP contribution in [0.4, 0.5) is 0 Å². The summed E-state index contributed by atoms with van der Waals surface area (Å²) in [4.78, 5) is 15.6. The van der Waals surface area contributed by atoms with Crippen molar-refractivity contribution in [3.63, 3.8) is 0 Å². The Balaban J connectivity index is 2.29. The fourth-order valence-electron chi connectivity index (χ4n) is 1.67. The van der Waals surface area contributed by atoms with Crippen LogP contribution in [0.15, 0.2) is 18.7 Å². The molecule has 2 atom stereocenters. The second-order valence-electron chi connectivity index (χ2n) is 4.34. The van der Waals surface area contributed by atoms with E-state index in [1.165, 1.54) is 0 Å². The van der Waals surface area contributed by atoms with Gasteiger partial charge >= 0.3 is 0 Å². The van der Waals surface area contributed by atoms with Gasteiger partial charge in [-0.3, -0.25) is 4.79 Å². The van der Waals surface area contributed by atoms with Gasteiger partial charge in [0.2, 0.25) is 5.91 Å². The maximum Gasteiger partial charge on any atom is 0.236 e. The molecule has 0 saturated carbocycles. The average molecular weight is 238 g/mol. The lowest BCUT2D eigenvalue weighted by atomic mass is 10.2. The Labute approximate surface area is 103 Å². The summed E-state index contributed by atoms with van der Waals surface area (Å²) in [7, 11) is 0. The lowest BCUT2D eigenvalue weighted by molar-refractivity contribution is -0.122. The Morgan fingerprint density at radius 3 is 2.82 bits per heavy atom. The molecule has 0 aliphatic heterocycles. The van der Waals surface area contributed by atoms with Gasteiger partial charge < -0.3 is 15.2 Å². The second-order valence-corrected chi connectivity index (χ2v) is 4.34. The number of nitrogens with one attached hydrogen (secondary N) is 2. The molecule has 5 heteroatoms. The van der Waals surface area contributed by atoms with Crippen LogP contribution < -0.4 is 10.6 Å². The van der Waals surface area contributed by atoms with Gasteiger partial charge in [0.1, 0.15) is 0 Å². The third-order valence-corrected chi connectivity index (χ3v) is 2.52. The third-order valence-electron chi connectivity index (χ3n) is 2.52. The van der Waals surface area contributed by atoms with E-state index in [1.807, 2.05) is 24.6 Å². The van der Waals surface area contributed by atoms with Crippen molar-refractivity contribution in [1.82, 2.24) is 20.2 Å². The maximum atomic E-state index is 11.6. The Morgan fingerprint density at radius 2 is 2.24 bits per heavy atom. The van der Waals surface area contributed by atoms with Gasteiger partial charge in [0.15, 0.2) is 0 Å². The number of carbonyl (C=O) groups is 1. The van der Waals surface area contributed by atoms with E-state index < -0.39 is 0 Å². The Kier molecular flexibility index (Phi) is 5.69. The molecular formula is C12H22N4O. The predicted molar refractivity (Wildman–Crippen MR) is 67.6 cm³/mol. The number of rotatable bonds is 7. The molecule has 17 heavy (non-hydrogen) atoms. The second kappa shape index (κ2) is 7.06. The van der Waals surface area contributed by atoms with E-state index in [1.54, 1.807) is 12.5 Å². The first-order valence-electron chi connectivity index (χ1n) is 6.13. The molecule has 1 rings (SSSR count). The molecule has 2 N–H and O–H groups in total. The molecule has 1 heterocycles. The zero-order valence-corrected chi connectivity index (χ0v) is 10.8. The molecule has 1 aromatic heterocycles. The van der Waals surface area contributed by atoms with Crippen molar-refractivity contribution in [3.05, 3.63) is 18.7 Å². The first-order chi connectivity index (χ1) is 8.13. The summed E-state index contributed by atoms with van der Waals surface area (Å²) in [5.41, 5.74) is 0. The van der Waals surface area contributed by atoms with E-state index in [-0.39, 0.29) is 18.0 Å². The van der Waals surface area contributed by atoms with Gasteiger partial charge in [0.25, 0.3) is 0 Å². The quantitative estimate of drug-likeness (QED) is 0.738. The van der Waals surface area contributed by atoms with Crippen molar-refractivity contribution < 1.29 is 4.79 Å². The molecule has 0 aliphatic rings. The molecule has 96 valence electrons. The van der Waals surface area contributed by atoms with Crippen LogP contribution in [0, 0.1) is 0 Å². The zero-order chi connectivity index (χ0) is 12.7. The van der Waals surface area contributed by atoms with Crippen LogP contribution in [0.25, 0.3) is 0 Å². The summed E-state index contributed by atoms with van der Waals surface area (Å²) in [5.74, 6) is 0.0596. The normalized spacial score (nSPS) is 14.3. The molecule has 0 fully saturated rings. The van der Waals surface area contributed by atoms with Gasteiger partial charge in [0.05, 0.1) is 12.4 Å². The Bertz CT molecular complexity index is 323. The maximum absolute atomic E-state index is 11.6. The van der Waals surface area contributed by atoms with Crippen molar-refractivity contribution >= 4 is 5.91 Å². The lowest BCUT2D eigenvalue weighted by Crippen LogP contribution is -2.46. The van der Waals surface area contributed by atoms with Crippen molar-refractivity contribution in [2.24, 2.45) is 0 Å². The summed E-state index contributed by atoms with van der Waals surface area (Å²) in [6.07, 6.45) is 6.41. The molecule has 0 aliphatic carbocycles. The number of imidazole rings is 1. The summed E-state index contributed by atoms with van der Waals surface area (Å²) < 4.78 is 1.99. The smallest absolute Gasteiger partial charge is 0.236 e. The van der Waals surface area contributed by atoms with Gasteiger partial charge in [-0.1, -0.05) is 6.92 Å². The van der Waals surface area contributed by atoms with Crippen LogP contribution in [-0.4, -0.2) is 34.1 Å². The van der Waals surface area contributed by atoms with Gasteiger partial charge in [-0.2, -0.15) is 0 Å².